The molecule has 0 radical (unpaired) electrons. The molecule has 1 aromatic rings. The molecule has 0 fully saturated rings. The van der Waals surface area contributed by atoms with Crippen LogP contribution < -0.4 is 0 Å². The van der Waals surface area contributed by atoms with Gasteiger partial charge >= 0.3 is 0 Å². The van der Waals surface area contributed by atoms with Crippen molar-refractivity contribution in [3.63, 3.8) is 0 Å². The van der Waals surface area contributed by atoms with Crippen LogP contribution >= 0.6 is 0 Å². The van der Waals surface area contributed by atoms with E-state index in [1.165, 1.54) is 6.92 Å². The van der Waals surface area contributed by atoms with Gasteiger partial charge in [0, 0.05) is 11.1 Å². The third-order valence-electron chi connectivity index (χ3n) is 2.86. The standard InChI is InChI=1S/C15H17N3O2/c1-10-7-6-8-14(15(10)13(4)19)9-20-18-12(3)11(2)17-16-5/h6-8H,9H2,1-4H3/b17-11-,18-12-. The molecule has 0 N–H and O–H groups in total. The van der Waals surface area contributed by atoms with Gasteiger partial charge in [0.1, 0.15) is 18.0 Å². The minimum Gasteiger partial charge on any atom is -0.391 e. The van der Waals surface area contributed by atoms with Gasteiger partial charge in [-0.15, -0.1) is 4.95 Å². The summed E-state index contributed by atoms with van der Waals surface area (Å²) >= 11 is 0. The Bertz CT molecular complexity index is 610. The van der Waals surface area contributed by atoms with Crippen molar-refractivity contribution < 1.29 is 9.63 Å². The topological polar surface area (TPSA) is 55.4 Å². The fourth-order valence-corrected chi connectivity index (χ4v) is 1.76. The van der Waals surface area contributed by atoms with Gasteiger partial charge in [-0.25, -0.2) is 0 Å². The van der Waals surface area contributed by atoms with Gasteiger partial charge < -0.3 is 4.84 Å². The van der Waals surface area contributed by atoms with E-state index in [-0.39, 0.29) is 12.4 Å². The van der Waals surface area contributed by atoms with E-state index in [4.69, 9.17) is 11.4 Å². The van der Waals surface area contributed by atoms with E-state index in [1.54, 1.807) is 13.8 Å². The van der Waals surface area contributed by atoms with Gasteiger partial charge in [-0.3, -0.25) is 4.79 Å². The van der Waals surface area contributed by atoms with Gasteiger partial charge in [0.05, 0.1) is 5.10 Å². The smallest absolute Gasteiger partial charge is 0.160 e. The lowest BCUT2D eigenvalue weighted by Gasteiger charge is -2.09. The molecule has 0 spiro atoms. The fraction of sp³-hybridized carbons (Fsp3) is 0.333. The number of hydrogen-bond donors (Lipinski definition) is 0. The zero-order valence-corrected chi connectivity index (χ0v) is 12.1. The van der Waals surface area contributed by atoms with E-state index in [9.17, 15) is 4.79 Å². The summed E-state index contributed by atoms with van der Waals surface area (Å²) in [6, 6.07) is 5.61. The number of Topliss-reactive ketones (excluding diaryl/α,β-unsaturated/α-hetero) is 1. The van der Waals surface area contributed by atoms with Crippen LogP contribution in [0.2, 0.25) is 0 Å². The lowest BCUT2D eigenvalue weighted by atomic mass is 9.99. The average molecular weight is 271 g/mol. The average Bonchev–Trinajstić information content (AvgIpc) is 2.38. The Labute approximate surface area is 118 Å². The second-order valence-corrected chi connectivity index (χ2v) is 4.40. The molecule has 0 aliphatic carbocycles. The van der Waals surface area contributed by atoms with E-state index >= 15 is 0 Å². The van der Waals surface area contributed by atoms with Gasteiger partial charge in [-0.05, 0) is 33.3 Å². The molecule has 1 rings (SSSR count). The zero-order valence-electron chi connectivity index (χ0n) is 12.1. The quantitative estimate of drug-likeness (QED) is 0.357. The summed E-state index contributed by atoms with van der Waals surface area (Å²) in [4.78, 5) is 19.8. The van der Waals surface area contributed by atoms with Crippen molar-refractivity contribution in [2.45, 2.75) is 34.3 Å². The molecule has 0 aromatic heterocycles. The summed E-state index contributed by atoms with van der Waals surface area (Å²) < 4.78 is 0. The van der Waals surface area contributed by atoms with Crippen LogP contribution in [-0.4, -0.2) is 17.2 Å². The van der Waals surface area contributed by atoms with Crippen molar-refractivity contribution in [1.29, 1.82) is 0 Å². The second kappa shape index (κ2) is 7.19. The van der Waals surface area contributed by atoms with Gasteiger partial charge in [0.15, 0.2) is 5.78 Å². The van der Waals surface area contributed by atoms with Crippen LogP contribution in [0.5, 0.6) is 0 Å². The Kier molecular flexibility index (Phi) is 5.60. The van der Waals surface area contributed by atoms with Crippen molar-refractivity contribution in [3.8, 4) is 0 Å². The lowest BCUT2D eigenvalue weighted by molar-refractivity contribution is 0.100. The summed E-state index contributed by atoms with van der Waals surface area (Å²) in [6.45, 7) is 13.7. The van der Waals surface area contributed by atoms with Crippen LogP contribution in [-0.2, 0) is 11.4 Å². The SMILES string of the molecule is [C-]#[N+]/N=C(C)\C(C)=N/OCc1cccc(C)c1C(C)=O. The van der Waals surface area contributed by atoms with Crippen molar-refractivity contribution in [3.05, 3.63) is 46.4 Å². The van der Waals surface area contributed by atoms with E-state index in [1.807, 2.05) is 25.1 Å². The summed E-state index contributed by atoms with van der Waals surface area (Å²) in [5.41, 5.74) is 3.44. The van der Waals surface area contributed by atoms with Crippen molar-refractivity contribution >= 4 is 17.2 Å². The molecule has 104 valence electrons. The second-order valence-electron chi connectivity index (χ2n) is 4.40. The number of ketones is 1. The molecule has 0 aliphatic heterocycles. The Morgan fingerprint density at radius 1 is 1.30 bits per heavy atom. The molecular weight excluding hydrogens is 254 g/mol. The Morgan fingerprint density at radius 2 is 2.00 bits per heavy atom. The number of oxime groups is 1. The third kappa shape index (κ3) is 4.02. The van der Waals surface area contributed by atoms with Crippen LogP contribution in [0.15, 0.2) is 28.5 Å². The number of nitrogens with zero attached hydrogens (tertiary/aromatic N) is 3. The largest absolute Gasteiger partial charge is 0.391 e. The van der Waals surface area contributed by atoms with E-state index in [0.717, 1.165) is 11.1 Å². The molecule has 5 heteroatoms. The highest BCUT2D eigenvalue weighted by atomic mass is 16.6. The molecule has 1 aromatic carbocycles. The van der Waals surface area contributed by atoms with Crippen molar-refractivity contribution in [2.24, 2.45) is 10.3 Å². The first-order valence-corrected chi connectivity index (χ1v) is 6.14. The molecule has 0 aliphatic rings. The first-order chi connectivity index (χ1) is 9.47. The van der Waals surface area contributed by atoms with Crippen molar-refractivity contribution in [1.82, 2.24) is 0 Å². The number of rotatable bonds is 5. The third-order valence-corrected chi connectivity index (χ3v) is 2.86. The fourth-order valence-electron chi connectivity index (χ4n) is 1.76. The number of carbonyl (C=O) groups excluding carboxylic acids is 1. The minimum atomic E-state index is 0.00755. The van der Waals surface area contributed by atoms with E-state index < -0.39 is 0 Å². The first-order valence-electron chi connectivity index (χ1n) is 6.14. The van der Waals surface area contributed by atoms with Gasteiger partial charge in [0.25, 0.3) is 0 Å². The number of aryl methyl sites for hydroxylation is 1. The van der Waals surface area contributed by atoms with Gasteiger partial charge in [-0.1, -0.05) is 23.4 Å². The Hall–Kier alpha value is -2.48. The summed E-state index contributed by atoms with van der Waals surface area (Å²) in [5.74, 6) is 0.00755. The maximum atomic E-state index is 11.6. The molecule has 0 unspecified atom stereocenters. The van der Waals surface area contributed by atoms with Crippen LogP contribution in [0.4, 0.5) is 0 Å². The maximum Gasteiger partial charge on any atom is 0.160 e. The Balaban J connectivity index is 2.85. The van der Waals surface area contributed by atoms with Gasteiger partial charge in [-0.2, -0.15) is 6.57 Å². The first kappa shape index (κ1) is 15.6. The molecule has 0 saturated heterocycles. The predicted octanol–water partition coefficient (Wildman–Crippen LogP) is 3.39. The molecule has 5 nitrogen and oxygen atoms in total. The highest BCUT2D eigenvalue weighted by Gasteiger charge is 2.10. The van der Waals surface area contributed by atoms with E-state index in [0.29, 0.717) is 17.0 Å². The van der Waals surface area contributed by atoms with Crippen molar-refractivity contribution in [2.75, 3.05) is 0 Å². The van der Waals surface area contributed by atoms with Crippen LogP contribution in [0.3, 0.4) is 0 Å². The maximum absolute atomic E-state index is 11.6. The molecular formula is C15H17N3O2. The lowest BCUT2D eigenvalue weighted by Crippen LogP contribution is -2.07. The molecule has 0 bridgehead atoms. The molecule has 20 heavy (non-hydrogen) atoms. The number of benzene rings is 1. The van der Waals surface area contributed by atoms with E-state index in [2.05, 4.69) is 15.2 Å². The summed E-state index contributed by atoms with van der Waals surface area (Å²) in [5, 5.41) is 7.45. The van der Waals surface area contributed by atoms with Crippen LogP contribution in [0.25, 0.3) is 4.95 Å². The summed E-state index contributed by atoms with van der Waals surface area (Å²) in [7, 11) is 0. The molecule has 0 heterocycles. The zero-order chi connectivity index (χ0) is 15.1. The normalized spacial score (nSPS) is 11.9. The monoisotopic (exact) mass is 271 g/mol. The van der Waals surface area contributed by atoms with Crippen LogP contribution in [0.1, 0.15) is 42.3 Å². The predicted molar refractivity (Wildman–Crippen MR) is 78.8 cm³/mol. The van der Waals surface area contributed by atoms with Gasteiger partial charge in [0.2, 0.25) is 0 Å². The molecule has 0 saturated carbocycles. The summed E-state index contributed by atoms with van der Waals surface area (Å²) in [6.07, 6.45) is 0. The number of carbonyl (C=O) groups is 1. The number of hydrogen-bond acceptors (Lipinski definition) is 4. The highest BCUT2D eigenvalue weighted by molar-refractivity contribution is 6.40. The van der Waals surface area contributed by atoms with Crippen LogP contribution in [0, 0.1) is 13.5 Å². The Morgan fingerprint density at radius 3 is 2.60 bits per heavy atom. The minimum absolute atomic E-state index is 0.00755. The molecule has 0 amide bonds. The highest BCUT2D eigenvalue weighted by Crippen LogP contribution is 2.16. The molecule has 0 atom stereocenters.